The van der Waals surface area contributed by atoms with Gasteiger partial charge in [0, 0.05) is 5.92 Å². The van der Waals surface area contributed by atoms with Gasteiger partial charge in [-0.15, -0.1) is 0 Å². The van der Waals surface area contributed by atoms with Gasteiger partial charge >= 0.3 is 12.4 Å². The molecular formula is C17H14F6N4O. The maximum absolute atomic E-state index is 12.9. The molecule has 1 atom stereocenters. The third kappa shape index (κ3) is 3.87. The van der Waals surface area contributed by atoms with Crippen molar-refractivity contribution in [3.05, 3.63) is 57.3 Å². The van der Waals surface area contributed by atoms with Crippen LogP contribution in [0, 0.1) is 6.92 Å². The molecule has 0 bridgehead atoms. The van der Waals surface area contributed by atoms with Crippen molar-refractivity contribution in [1.29, 1.82) is 0 Å². The van der Waals surface area contributed by atoms with E-state index in [9.17, 15) is 31.1 Å². The molecule has 11 heteroatoms. The molecule has 28 heavy (non-hydrogen) atoms. The fourth-order valence-corrected chi connectivity index (χ4v) is 2.92. The zero-order chi connectivity index (χ0) is 20.9. The van der Waals surface area contributed by atoms with E-state index in [1.807, 2.05) is 0 Å². The van der Waals surface area contributed by atoms with Gasteiger partial charge in [-0.3, -0.25) is 4.79 Å². The van der Waals surface area contributed by atoms with Crippen LogP contribution in [-0.2, 0) is 12.7 Å². The number of rotatable bonds is 3. The summed E-state index contributed by atoms with van der Waals surface area (Å²) in [4.78, 5) is 18.6. The van der Waals surface area contributed by atoms with Crippen molar-refractivity contribution < 1.29 is 26.3 Å². The third-order valence-corrected chi connectivity index (χ3v) is 4.22. The number of H-pyrrole nitrogens is 1. The Morgan fingerprint density at radius 3 is 2.25 bits per heavy atom. The molecule has 2 heterocycles. The fraction of sp³-hybridized carbons (Fsp3) is 0.353. The van der Waals surface area contributed by atoms with Crippen LogP contribution < -0.4 is 5.56 Å². The van der Waals surface area contributed by atoms with E-state index in [1.54, 1.807) is 6.92 Å². The second kappa shape index (κ2) is 6.64. The van der Waals surface area contributed by atoms with Crippen molar-refractivity contribution in [3.63, 3.8) is 0 Å². The summed E-state index contributed by atoms with van der Waals surface area (Å²) in [5.41, 5.74) is -1.50. The predicted octanol–water partition coefficient (Wildman–Crippen LogP) is 4.16. The highest BCUT2D eigenvalue weighted by Crippen LogP contribution is 2.33. The minimum atomic E-state index is -4.62. The third-order valence-electron chi connectivity index (χ3n) is 4.22. The van der Waals surface area contributed by atoms with Crippen molar-refractivity contribution in [2.75, 3.05) is 0 Å². The Bertz CT molecular complexity index is 1060. The Kier molecular flexibility index (Phi) is 4.72. The molecule has 0 aliphatic rings. The summed E-state index contributed by atoms with van der Waals surface area (Å²) in [7, 11) is 0. The predicted molar refractivity (Wildman–Crippen MR) is 87.9 cm³/mol. The van der Waals surface area contributed by atoms with Crippen LogP contribution in [0.25, 0.3) is 11.0 Å². The van der Waals surface area contributed by atoms with Crippen molar-refractivity contribution in [1.82, 2.24) is 19.7 Å². The summed E-state index contributed by atoms with van der Waals surface area (Å²) in [5.74, 6) is -0.502. The smallest absolute Gasteiger partial charge is 0.309 e. The van der Waals surface area contributed by atoms with Crippen LogP contribution in [0.15, 0.2) is 29.1 Å². The monoisotopic (exact) mass is 404 g/mol. The Morgan fingerprint density at radius 1 is 1.11 bits per heavy atom. The highest BCUT2D eigenvalue weighted by atomic mass is 19.4. The molecule has 0 saturated carbocycles. The van der Waals surface area contributed by atoms with E-state index in [1.165, 1.54) is 19.1 Å². The number of aromatic amines is 1. The molecule has 1 unspecified atom stereocenters. The summed E-state index contributed by atoms with van der Waals surface area (Å²) < 4.78 is 77.3. The number of alkyl halides is 6. The van der Waals surface area contributed by atoms with E-state index >= 15 is 0 Å². The largest absolute Gasteiger partial charge is 0.416 e. The Morgan fingerprint density at radius 2 is 1.71 bits per heavy atom. The van der Waals surface area contributed by atoms with Crippen LogP contribution in [0.2, 0.25) is 0 Å². The van der Waals surface area contributed by atoms with E-state index in [2.05, 4.69) is 15.1 Å². The van der Waals surface area contributed by atoms with Crippen LogP contribution in [-0.4, -0.2) is 25.9 Å². The molecule has 0 amide bonds. The van der Waals surface area contributed by atoms with Crippen LogP contribution >= 0.6 is 0 Å². The lowest BCUT2D eigenvalue weighted by atomic mass is 9.96. The standard InChI is InChI=1S/C17H14F6N4O/c1-8(10-3-5-11(6-4-10)17(21,22)23)12-13-14(15(28)25-9(2)24-13)27(26-12)7-16(18,19)20/h3-6,8H,7H2,1-2H3,(H,24,25,28). The summed E-state index contributed by atoms with van der Waals surface area (Å²) >= 11 is 0. The first-order valence-electron chi connectivity index (χ1n) is 8.08. The lowest BCUT2D eigenvalue weighted by Crippen LogP contribution is -2.22. The lowest BCUT2D eigenvalue weighted by Gasteiger charge is -2.12. The van der Waals surface area contributed by atoms with Crippen molar-refractivity contribution in [2.45, 2.75) is 38.7 Å². The zero-order valence-electron chi connectivity index (χ0n) is 14.6. The first-order chi connectivity index (χ1) is 12.9. The number of fused-ring (bicyclic) bond motifs is 1. The number of hydrogen-bond acceptors (Lipinski definition) is 3. The first kappa shape index (κ1) is 19.9. The zero-order valence-corrected chi connectivity index (χ0v) is 14.6. The fourth-order valence-electron chi connectivity index (χ4n) is 2.92. The van der Waals surface area contributed by atoms with Crippen molar-refractivity contribution >= 4 is 11.0 Å². The lowest BCUT2D eigenvalue weighted by molar-refractivity contribution is -0.142. The van der Waals surface area contributed by atoms with Gasteiger partial charge in [0.05, 0.1) is 11.3 Å². The van der Waals surface area contributed by atoms with Gasteiger partial charge in [-0.1, -0.05) is 19.1 Å². The van der Waals surface area contributed by atoms with Gasteiger partial charge in [0.15, 0.2) is 5.52 Å². The Labute approximate surface area is 154 Å². The van der Waals surface area contributed by atoms with Crippen molar-refractivity contribution in [2.24, 2.45) is 0 Å². The van der Waals surface area contributed by atoms with Gasteiger partial charge in [-0.05, 0) is 24.6 Å². The average Bonchev–Trinajstić information content (AvgIpc) is 2.90. The highest BCUT2D eigenvalue weighted by Gasteiger charge is 2.33. The van der Waals surface area contributed by atoms with Crippen LogP contribution in [0.1, 0.15) is 35.5 Å². The van der Waals surface area contributed by atoms with E-state index in [4.69, 9.17) is 0 Å². The molecule has 0 spiro atoms. The quantitative estimate of drug-likeness (QED) is 0.667. The molecule has 0 saturated heterocycles. The number of nitrogens with one attached hydrogen (secondary N) is 1. The van der Waals surface area contributed by atoms with Gasteiger partial charge in [-0.2, -0.15) is 31.4 Å². The maximum atomic E-state index is 12.9. The van der Waals surface area contributed by atoms with Crippen LogP contribution in [0.3, 0.4) is 0 Å². The molecular weight excluding hydrogens is 390 g/mol. The minimum absolute atomic E-state index is 0.0158. The minimum Gasteiger partial charge on any atom is -0.309 e. The SMILES string of the molecule is Cc1nc2c(C(C)c3ccc(C(F)(F)F)cc3)nn(CC(F)(F)F)c2c(=O)[nH]1. The normalized spacial score (nSPS) is 13.9. The molecule has 0 radical (unpaired) electrons. The van der Waals surface area contributed by atoms with Crippen LogP contribution in [0.5, 0.6) is 0 Å². The van der Waals surface area contributed by atoms with Gasteiger partial charge in [0.25, 0.3) is 5.56 Å². The van der Waals surface area contributed by atoms with E-state index < -0.39 is 35.9 Å². The van der Waals surface area contributed by atoms with Crippen LogP contribution in [0.4, 0.5) is 26.3 Å². The van der Waals surface area contributed by atoms with Gasteiger partial charge in [-0.25, -0.2) is 9.67 Å². The van der Waals surface area contributed by atoms with E-state index in [0.717, 1.165) is 12.1 Å². The number of benzene rings is 1. The summed E-state index contributed by atoms with van der Waals surface area (Å²) in [5, 5.41) is 3.92. The Balaban J connectivity index is 2.13. The summed E-state index contributed by atoms with van der Waals surface area (Å²) in [6, 6.07) is 4.21. The molecule has 3 rings (SSSR count). The molecule has 150 valence electrons. The molecule has 2 aromatic heterocycles. The summed E-state index contributed by atoms with van der Waals surface area (Å²) in [6.07, 6.45) is -9.13. The number of hydrogen-bond donors (Lipinski definition) is 1. The number of aryl methyl sites for hydroxylation is 1. The molecule has 3 aromatic rings. The first-order valence-corrected chi connectivity index (χ1v) is 8.08. The van der Waals surface area contributed by atoms with Crippen molar-refractivity contribution in [3.8, 4) is 0 Å². The molecule has 5 nitrogen and oxygen atoms in total. The average molecular weight is 404 g/mol. The van der Waals surface area contributed by atoms with Gasteiger partial charge in [0.1, 0.15) is 17.9 Å². The second-order valence-electron chi connectivity index (χ2n) is 6.35. The topological polar surface area (TPSA) is 63.6 Å². The number of halogens is 6. The maximum Gasteiger partial charge on any atom is 0.416 e. The van der Waals surface area contributed by atoms with Gasteiger partial charge < -0.3 is 4.98 Å². The van der Waals surface area contributed by atoms with Gasteiger partial charge in [0.2, 0.25) is 0 Å². The second-order valence-corrected chi connectivity index (χ2v) is 6.35. The summed E-state index contributed by atoms with van der Waals surface area (Å²) in [6.45, 7) is 1.55. The molecule has 1 aromatic carbocycles. The van der Waals surface area contributed by atoms with E-state index in [0.29, 0.717) is 10.2 Å². The Hall–Kier alpha value is -2.85. The molecule has 0 aliphatic carbocycles. The van der Waals surface area contributed by atoms with E-state index in [-0.39, 0.29) is 22.6 Å². The number of aromatic nitrogens is 4. The molecule has 0 fully saturated rings. The number of nitrogens with zero attached hydrogens (tertiary/aromatic N) is 3. The molecule has 0 aliphatic heterocycles. The molecule has 1 N–H and O–H groups in total. The highest BCUT2D eigenvalue weighted by molar-refractivity contribution is 5.77.